The standard InChI is InChI=1S/C21H29N5O5/c1-21(2,22)19(29)23-15(13-31-12-14-7-5-4-6-8-14)17(27)25-9-10-26-16(11-25)18(28)24(3)20(26)30/h4-8,15-16H,9-13,22H2,1-3H3,(H,23,29). The maximum atomic E-state index is 13.2. The molecule has 2 heterocycles. The molecule has 3 N–H and O–H groups in total. The van der Waals surface area contributed by atoms with Crippen molar-refractivity contribution in [2.75, 3.05) is 33.3 Å². The zero-order valence-corrected chi connectivity index (χ0v) is 18.0. The van der Waals surface area contributed by atoms with Crippen LogP contribution in [-0.2, 0) is 25.7 Å². The van der Waals surface area contributed by atoms with Gasteiger partial charge < -0.3 is 25.6 Å². The summed E-state index contributed by atoms with van der Waals surface area (Å²) in [6.45, 7) is 3.91. The summed E-state index contributed by atoms with van der Waals surface area (Å²) in [5.41, 5.74) is 5.63. The molecule has 0 bridgehead atoms. The Balaban J connectivity index is 1.68. The Morgan fingerprint density at radius 1 is 1.23 bits per heavy atom. The van der Waals surface area contributed by atoms with E-state index in [1.165, 1.54) is 16.8 Å². The van der Waals surface area contributed by atoms with Gasteiger partial charge in [0, 0.05) is 20.1 Å². The monoisotopic (exact) mass is 431 g/mol. The number of imide groups is 1. The van der Waals surface area contributed by atoms with E-state index in [-0.39, 0.29) is 50.7 Å². The molecule has 10 nitrogen and oxygen atoms in total. The lowest BCUT2D eigenvalue weighted by molar-refractivity contribution is -0.142. The fraction of sp³-hybridized carbons (Fsp3) is 0.524. The number of hydrogen-bond acceptors (Lipinski definition) is 6. The Kier molecular flexibility index (Phi) is 6.61. The molecule has 2 aliphatic rings. The van der Waals surface area contributed by atoms with Crippen LogP contribution in [0.5, 0.6) is 0 Å². The summed E-state index contributed by atoms with van der Waals surface area (Å²) in [7, 11) is 1.43. The Morgan fingerprint density at radius 2 is 1.90 bits per heavy atom. The van der Waals surface area contributed by atoms with Gasteiger partial charge in [0.15, 0.2) is 0 Å². The van der Waals surface area contributed by atoms with E-state index < -0.39 is 23.5 Å². The lowest BCUT2D eigenvalue weighted by Gasteiger charge is -2.37. The largest absolute Gasteiger partial charge is 0.374 e. The minimum atomic E-state index is -1.17. The molecule has 2 fully saturated rings. The summed E-state index contributed by atoms with van der Waals surface area (Å²) in [6, 6.07) is 7.44. The molecule has 168 valence electrons. The highest BCUT2D eigenvalue weighted by Gasteiger charge is 2.47. The third-order valence-electron chi connectivity index (χ3n) is 5.43. The SMILES string of the molecule is CN1C(=O)C2CN(C(=O)C(COCc3ccccc3)NC(=O)C(C)(C)N)CCN2C1=O. The van der Waals surface area contributed by atoms with Crippen molar-refractivity contribution in [3.63, 3.8) is 0 Å². The van der Waals surface area contributed by atoms with E-state index in [2.05, 4.69) is 5.32 Å². The smallest absolute Gasteiger partial charge is 0.327 e. The van der Waals surface area contributed by atoms with Crippen molar-refractivity contribution in [3.05, 3.63) is 35.9 Å². The van der Waals surface area contributed by atoms with Gasteiger partial charge in [0.05, 0.1) is 25.3 Å². The first-order chi connectivity index (χ1) is 14.6. The number of carbonyl (C=O) groups excluding carboxylic acids is 4. The lowest BCUT2D eigenvalue weighted by Crippen LogP contribution is -2.61. The van der Waals surface area contributed by atoms with Crippen LogP contribution in [0.2, 0.25) is 0 Å². The molecule has 2 atom stereocenters. The predicted octanol–water partition coefficient (Wildman–Crippen LogP) is -0.470. The van der Waals surface area contributed by atoms with Crippen LogP contribution >= 0.6 is 0 Å². The Morgan fingerprint density at radius 3 is 2.55 bits per heavy atom. The molecule has 0 radical (unpaired) electrons. The van der Waals surface area contributed by atoms with Gasteiger partial charge in [0.1, 0.15) is 12.1 Å². The summed E-state index contributed by atoms with van der Waals surface area (Å²) < 4.78 is 5.71. The number of carbonyl (C=O) groups is 4. The molecule has 0 aliphatic carbocycles. The van der Waals surface area contributed by atoms with Crippen LogP contribution in [0, 0.1) is 0 Å². The number of piperazine rings is 1. The van der Waals surface area contributed by atoms with Gasteiger partial charge in [0.2, 0.25) is 11.8 Å². The second kappa shape index (κ2) is 9.03. The van der Waals surface area contributed by atoms with Crippen molar-refractivity contribution in [2.45, 2.75) is 38.1 Å². The van der Waals surface area contributed by atoms with Gasteiger partial charge in [-0.3, -0.25) is 19.3 Å². The van der Waals surface area contributed by atoms with Gasteiger partial charge in [-0.1, -0.05) is 30.3 Å². The third-order valence-corrected chi connectivity index (χ3v) is 5.43. The average molecular weight is 431 g/mol. The number of nitrogens with two attached hydrogens (primary N) is 1. The Bertz CT molecular complexity index is 853. The van der Waals surface area contributed by atoms with Gasteiger partial charge in [-0.05, 0) is 19.4 Å². The van der Waals surface area contributed by atoms with Gasteiger partial charge in [-0.25, -0.2) is 4.79 Å². The van der Waals surface area contributed by atoms with Crippen LogP contribution in [0.25, 0.3) is 0 Å². The molecule has 2 aliphatic heterocycles. The topological polar surface area (TPSA) is 125 Å². The van der Waals surface area contributed by atoms with Crippen molar-refractivity contribution in [1.29, 1.82) is 0 Å². The minimum absolute atomic E-state index is 0.0484. The number of benzene rings is 1. The summed E-state index contributed by atoms with van der Waals surface area (Å²) >= 11 is 0. The van der Waals surface area contributed by atoms with E-state index in [1.54, 1.807) is 13.8 Å². The van der Waals surface area contributed by atoms with Crippen molar-refractivity contribution in [1.82, 2.24) is 20.0 Å². The van der Waals surface area contributed by atoms with Crippen molar-refractivity contribution in [2.24, 2.45) is 5.73 Å². The highest BCUT2D eigenvalue weighted by Crippen LogP contribution is 2.21. The molecule has 0 spiro atoms. The van der Waals surface area contributed by atoms with E-state index in [0.717, 1.165) is 10.5 Å². The molecule has 0 aromatic heterocycles. The molecule has 2 unspecified atom stereocenters. The fourth-order valence-electron chi connectivity index (χ4n) is 3.54. The normalized spacial score (nSPS) is 20.0. The molecule has 1 aromatic rings. The number of nitrogens with zero attached hydrogens (tertiary/aromatic N) is 3. The Hall–Kier alpha value is -2.98. The minimum Gasteiger partial charge on any atom is -0.374 e. The molecular formula is C21H29N5O5. The summed E-state index contributed by atoms with van der Waals surface area (Å²) in [6.07, 6.45) is 0. The second-order valence-electron chi connectivity index (χ2n) is 8.42. The summed E-state index contributed by atoms with van der Waals surface area (Å²) in [5, 5.41) is 2.67. The zero-order valence-electron chi connectivity index (χ0n) is 18.0. The quantitative estimate of drug-likeness (QED) is 0.563. The van der Waals surface area contributed by atoms with Gasteiger partial charge in [-0.15, -0.1) is 0 Å². The van der Waals surface area contributed by atoms with Gasteiger partial charge in [-0.2, -0.15) is 0 Å². The average Bonchev–Trinajstić information content (AvgIpc) is 2.96. The summed E-state index contributed by atoms with van der Waals surface area (Å²) in [4.78, 5) is 54.2. The first-order valence-electron chi connectivity index (χ1n) is 10.2. The van der Waals surface area contributed by atoms with E-state index >= 15 is 0 Å². The summed E-state index contributed by atoms with van der Waals surface area (Å²) in [5.74, 6) is -1.20. The second-order valence-corrected chi connectivity index (χ2v) is 8.42. The highest BCUT2D eigenvalue weighted by atomic mass is 16.5. The molecule has 2 saturated heterocycles. The van der Waals surface area contributed by atoms with Crippen LogP contribution in [0.4, 0.5) is 4.79 Å². The number of fused-ring (bicyclic) bond motifs is 1. The number of ether oxygens (including phenoxy) is 1. The lowest BCUT2D eigenvalue weighted by atomic mass is 10.1. The number of likely N-dealkylation sites (N-methyl/N-ethyl adjacent to an activating group) is 1. The maximum Gasteiger partial charge on any atom is 0.327 e. The van der Waals surface area contributed by atoms with Crippen LogP contribution in [-0.4, -0.2) is 89.4 Å². The molecule has 3 rings (SSSR count). The van der Waals surface area contributed by atoms with Crippen molar-refractivity contribution < 1.29 is 23.9 Å². The van der Waals surface area contributed by atoms with Crippen LogP contribution in [0.3, 0.4) is 0 Å². The van der Waals surface area contributed by atoms with Crippen LogP contribution in [0.1, 0.15) is 19.4 Å². The first kappa shape index (κ1) is 22.7. The third kappa shape index (κ3) is 5.02. The number of amides is 5. The van der Waals surface area contributed by atoms with E-state index in [4.69, 9.17) is 10.5 Å². The first-order valence-corrected chi connectivity index (χ1v) is 10.2. The molecule has 0 saturated carbocycles. The zero-order chi connectivity index (χ0) is 22.8. The van der Waals surface area contributed by atoms with Crippen LogP contribution < -0.4 is 11.1 Å². The number of urea groups is 1. The molecule has 10 heteroatoms. The van der Waals surface area contributed by atoms with Crippen molar-refractivity contribution in [3.8, 4) is 0 Å². The molecule has 5 amide bonds. The molecular weight excluding hydrogens is 402 g/mol. The highest BCUT2D eigenvalue weighted by molar-refractivity contribution is 6.04. The van der Waals surface area contributed by atoms with Crippen LogP contribution in [0.15, 0.2) is 30.3 Å². The predicted molar refractivity (Wildman–Crippen MR) is 112 cm³/mol. The van der Waals surface area contributed by atoms with Gasteiger partial charge >= 0.3 is 6.03 Å². The van der Waals surface area contributed by atoms with E-state index in [1.807, 2.05) is 30.3 Å². The molecule has 1 aromatic carbocycles. The Labute approximate surface area is 181 Å². The van der Waals surface area contributed by atoms with E-state index in [9.17, 15) is 19.2 Å². The van der Waals surface area contributed by atoms with Gasteiger partial charge in [0.25, 0.3) is 5.91 Å². The van der Waals surface area contributed by atoms with Crippen molar-refractivity contribution >= 4 is 23.8 Å². The fourth-order valence-corrected chi connectivity index (χ4v) is 3.54. The number of rotatable bonds is 7. The van der Waals surface area contributed by atoms with E-state index in [0.29, 0.717) is 0 Å². The number of hydrogen-bond donors (Lipinski definition) is 2. The number of nitrogens with one attached hydrogen (secondary N) is 1. The molecule has 31 heavy (non-hydrogen) atoms. The maximum absolute atomic E-state index is 13.2.